The lowest BCUT2D eigenvalue weighted by Gasteiger charge is -2.36. The predicted molar refractivity (Wildman–Crippen MR) is 108 cm³/mol. The van der Waals surface area contributed by atoms with Crippen LogP contribution >= 0.6 is 0 Å². The number of rotatable bonds is 6. The number of aromatic nitrogens is 2. The van der Waals surface area contributed by atoms with Crippen molar-refractivity contribution in [1.29, 1.82) is 0 Å². The first-order chi connectivity index (χ1) is 13.4. The average Bonchev–Trinajstić information content (AvgIpc) is 2.68. The maximum absolute atomic E-state index is 13.1. The summed E-state index contributed by atoms with van der Waals surface area (Å²) in [6.07, 6.45) is 0. The SMILES string of the molecule is Cc1cc(C(=O)NCCN(C)C)nc(N2CCN(c3ccc(F)cc3)CC2)n1. The number of hydrogen-bond donors (Lipinski definition) is 1. The zero-order valence-corrected chi connectivity index (χ0v) is 16.7. The quantitative estimate of drug-likeness (QED) is 0.813. The molecule has 28 heavy (non-hydrogen) atoms. The molecule has 1 aromatic carbocycles. The molecule has 1 aliphatic heterocycles. The first-order valence-electron chi connectivity index (χ1n) is 9.46. The van der Waals surface area contributed by atoms with Crippen LogP contribution < -0.4 is 15.1 Å². The summed E-state index contributed by atoms with van der Waals surface area (Å²) < 4.78 is 13.1. The summed E-state index contributed by atoms with van der Waals surface area (Å²) in [5, 5.41) is 2.89. The highest BCUT2D eigenvalue weighted by Crippen LogP contribution is 2.19. The Bertz CT molecular complexity index is 803. The number of halogens is 1. The van der Waals surface area contributed by atoms with E-state index in [9.17, 15) is 9.18 Å². The molecule has 1 N–H and O–H groups in total. The number of aryl methyl sites for hydroxylation is 1. The Balaban J connectivity index is 1.63. The van der Waals surface area contributed by atoms with Crippen molar-refractivity contribution in [2.24, 2.45) is 0 Å². The molecule has 1 fully saturated rings. The maximum atomic E-state index is 13.1. The van der Waals surface area contributed by atoms with Gasteiger partial charge in [0.2, 0.25) is 5.95 Å². The van der Waals surface area contributed by atoms with Gasteiger partial charge in [-0.1, -0.05) is 0 Å². The Morgan fingerprint density at radius 3 is 2.39 bits per heavy atom. The normalized spacial score (nSPS) is 14.5. The van der Waals surface area contributed by atoms with Gasteiger partial charge < -0.3 is 20.0 Å². The van der Waals surface area contributed by atoms with Crippen LogP contribution in [-0.4, -0.2) is 74.1 Å². The molecule has 1 aromatic heterocycles. The van der Waals surface area contributed by atoms with Crippen LogP contribution in [0, 0.1) is 12.7 Å². The number of likely N-dealkylation sites (N-methyl/N-ethyl adjacent to an activating group) is 1. The summed E-state index contributed by atoms with van der Waals surface area (Å²) in [5.74, 6) is 0.169. The van der Waals surface area contributed by atoms with E-state index in [2.05, 4.69) is 25.1 Å². The van der Waals surface area contributed by atoms with Crippen molar-refractivity contribution < 1.29 is 9.18 Å². The fourth-order valence-corrected chi connectivity index (χ4v) is 3.11. The lowest BCUT2D eigenvalue weighted by atomic mass is 10.2. The molecule has 1 aliphatic rings. The minimum Gasteiger partial charge on any atom is -0.368 e. The highest BCUT2D eigenvalue weighted by atomic mass is 19.1. The van der Waals surface area contributed by atoms with Crippen molar-refractivity contribution in [2.45, 2.75) is 6.92 Å². The second-order valence-corrected chi connectivity index (χ2v) is 7.20. The summed E-state index contributed by atoms with van der Waals surface area (Å²) in [6.45, 7) is 6.26. The van der Waals surface area contributed by atoms with Gasteiger partial charge in [-0.15, -0.1) is 0 Å². The van der Waals surface area contributed by atoms with Gasteiger partial charge in [-0.2, -0.15) is 0 Å². The summed E-state index contributed by atoms with van der Waals surface area (Å²) in [6, 6.07) is 8.26. The van der Waals surface area contributed by atoms with Gasteiger partial charge in [-0.25, -0.2) is 14.4 Å². The molecular formula is C20H27FN6O. The molecule has 0 radical (unpaired) electrons. The van der Waals surface area contributed by atoms with Crippen molar-refractivity contribution in [3.8, 4) is 0 Å². The Hall–Kier alpha value is -2.74. The van der Waals surface area contributed by atoms with Crippen LogP contribution in [0.2, 0.25) is 0 Å². The smallest absolute Gasteiger partial charge is 0.270 e. The van der Waals surface area contributed by atoms with Gasteiger partial charge >= 0.3 is 0 Å². The van der Waals surface area contributed by atoms with Gasteiger partial charge in [0.1, 0.15) is 11.5 Å². The number of carbonyl (C=O) groups is 1. The topological polar surface area (TPSA) is 64.6 Å². The second-order valence-electron chi connectivity index (χ2n) is 7.20. The van der Waals surface area contributed by atoms with E-state index in [1.165, 1.54) is 12.1 Å². The summed E-state index contributed by atoms with van der Waals surface area (Å²) in [7, 11) is 3.93. The predicted octanol–water partition coefficient (Wildman–Crippen LogP) is 1.54. The molecule has 150 valence electrons. The van der Waals surface area contributed by atoms with E-state index < -0.39 is 0 Å². The number of amides is 1. The van der Waals surface area contributed by atoms with Crippen LogP contribution in [0.4, 0.5) is 16.0 Å². The van der Waals surface area contributed by atoms with E-state index in [0.717, 1.165) is 44.1 Å². The van der Waals surface area contributed by atoms with Crippen LogP contribution in [0.1, 0.15) is 16.2 Å². The molecule has 3 rings (SSSR count). The monoisotopic (exact) mass is 386 g/mol. The second kappa shape index (κ2) is 8.97. The molecule has 0 unspecified atom stereocenters. The molecule has 0 atom stereocenters. The Morgan fingerprint density at radius 1 is 1.11 bits per heavy atom. The largest absolute Gasteiger partial charge is 0.368 e. The molecular weight excluding hydrogens is 359 g/mol. The molecule has 0 aliphatic carbocycles. The lowest BCUT2D eigenvalue weighted by molar-refractivity contribution is 0.0946. The molecule has 0 spiro atoms. The first kappa shape index (κ1) is 20.0. The van der Waals surface area contributed by atoms with Gasteiger partial charge in [-0.3, -0.25) is 4.79 Å². The number of hydrogen-bond acceptors (Lipinski definition) is 6. The molecule has 8 heteroatoms. The number of piperazine rings is 1. The fourth-order valence-electron chi connectivity index (χ4n) is 3.11. The number of carbonyl (C=O) groups excluding carboxylic acids is 1. The van der Waals surface area contributed by atoms with Gasteiger partial charge in [-0.05, 0) is 51.4 Å². The van der Waals surface area contributed by atoms with E-state index in [1.807, 2.05) is 25.9 Å². The lowest BCUT2D eigenvalue weighted by Crippen LogP contribution is -2.47. The van der Waals surface area contributed by atoms with Gasteiger partial charge in [0.25, 0.3) is 5.91 Å². The van der Waals surface area contributed by atoms with Crippen LogP contribution in [0.5, 0.6) is 0 Å². The number of nitrogens with zero attached hydrogens (tertiary/aromatic N) is 5. The van der Waals surface area contributed by atoms with Crippen molar-refractivity contribution in [2.75, 3.05) is 63.2 Å². The number of benzene rings is 1. The molecule has 1 saturated heterocycles. The average molecular weight is 386 g/mol. The van der Waals surface area contributed by atoms with Crippen molar-refractivity contribution in [3.63, 3.8) is 0 Å². The van der Waals surface area contributed by atoms with E-state index in [1.54, 1.807) is 18.2 Å². The van der Waals surface area contributed by atoms with Crippen LogP contribution in [0.15, 0.2) is 30.3 Å². The zero-order valence-electron chi connectivity index (χ0n) is 16.7. The third kappa shape index (κ3) is 5.16. The third-order valence-corrected chi connectivity index (χ3v) is 4.67. The molecule has 1 amide bonds. The van der Waals surface area contributed by atoms with Gasteiger partial charge in [0.05, 0.1) is 0 Å². The third-order valence-electron chi connectivity index (χ3n) is 4.67. The molecule has 0 saturated carbocycles. The van der Waals surface area contributed by atoms with E-state index >= 15 is 0 Å². The fraction of sp³-hybridized carbons (Fsp3) is 0.450. The van der Waals surface area contributed by atoms with Crippen LogP contribution in [0.25, 0.3) is 0 Å². The molecule has 7 nitrogen and oxygen atoms in total. The van der Waals surface area contributed by atoms with E-state index in [0.29, 0.717) is 18.2 Å². The highest BCUT2D eigenvalue weighted by Gasteiger charge is 2.21. The van der Waals surface area contributed by atoms with E-state index in [4.69, 9.17) is 0 Å². The summed E-state index contributed by atoms with van der Waals surface area (Å²) in [5.41, 5.74) is 2.16. The van der Waals surface area contributed by atoms with Crippen molar-refractivity contribution >= 4 is 17.5 Å². The van der Waals surface area contributed by atoms with Crippen LogP contribution in [-0.2, 0) is 0 Å². The maximum Gasteiger partial charge on any atom is 0.270 e. The number of anilines is 2. The summed E-state index contributed by atoms with van der Waals surface area (Å²) >= 11 is 0. The number of nitrogens with one attached hydrogen (secondary N) is 1. The van der Waals surface area contributed by atoms with Crippen molar-refractivity contribution in [1.82, 2.24) is 20.2 Å². The molecule has 2 aromatic rings. The van der Waals surface area contributed by atoms with E-state index in [-0.39, 0.29) is 11.7 Å². The zero-order chi connectivity index (χ0) is 20.1. The minimum atomic E-state index is -0.230. The standard InChI is InChI=1S/C20H27FN6O/c1-15-14-18(19(28)22-8-9-25(2)3)24-20(23-15)27-12-10-26(11-13-27)17-6-4-16(21)5-7-17/h4-7,14H,8-13H2,1-3H3,(H,22,28). The minimum absolute atomic E-state index is 0.182. The van der Waals surface area contributed by atoms with Crippen molar-refractivity contribution in [3.05, 3.63) is 47.5 Å². The van der Waals surface area contributed by atoms with Crippen LogP contribution in [0.3, 0.4) is 0 Å². The Morgan fingerprint density at radius 2 is 1.75 bits per heavy atom. The van der Waals surface area contributed by atoms with Gasteiger partial charge in [0.15, 0.2) is 0 Å². The van der Waals surface area contributed by atoms with Gasteiger partial charge in [0, 0.05) is 50.6 Å². The Kier molecular flexibility index (Phi) is 6.41. The highest BCUT2D eigenvalue weighted by molar-refractivity contribution is 5.92. The molecule has 0 bridgehead atoms. The Labute approximate surface area is 165 Å². The molecule has 2 heterocycles. The first-order valence-corrected chi connectivity index (χ1v) is 9.46. The summed E-state index contributed by atoms with van der Waals surface area (Å²) in [4.78, 5) is 27.7.